The molecule has 1 N–H and O–H groups in total. The molecule has 1 saturated heterocycles. The maximum atomic E-state index is 6.18. The highest BCUT2D eigenvalue weighted by atomic mass is 35.5. The van der Waals surface area contributed by atoms with E-state index in [1.165, 1.54) is 16.8 Å². The highest BCUT2D eigenvalue weighted by Crippen LogP contribution is 2.15. The highest BCUT2D eigenvalue weighted by Gasteiger charge is 2.29. The van der Waals surface area contributed by atoms with Gasteiger partial charge < -0.3 is 31.7 Å². The molecule has 32 heavy (non-hydrogen) atoms. The van der Waals surface area contributed by atoms with E-state index in [0.717, 1.165) is 37.7 Å². The van der Waals surface area contributed by atoms with Gasteiger partial charge in [-0.15, -0.1) is 0 Å². The summed E-state index contributed by atoms with van der Waals surface area (Å²) >= 11 is 0. The first-order valence-corrected chi connectivity index (χ1v) is 11.2. The van der Waals surface area contributed by atoms with Gasteiger partial charge in [0.1, 0.15) is 24.7 Å². The predicted octanol–water partition coefficient (Wildman–Crippen LogP) is 0.539. The Morgan fingerprint density at radius 1 is 0.719 bits per heavy atom. The number of aryl methyl sites for hydroxylation is 2. The van der Waals surface area contributed by atoms with E-state index in [2.05, 4.69) is 97.6 Å². The highest BCUT2D eigenvalue weighted by molar-refractivity contribution is 5.46. The van der Waals surface area contributed by atoms with Gasteiger partial charge in [0.2, 0.25) is 0 Å². The topological polar surface area (TPSA) is 26.1 Å². The molecule has 0 amide bonds. The molecule has 1 aliphatic rings. The minimum atomic E-state index is 0. The van der Waals surface area contributed by atoms with Crippen LogP contribution < -0.4 is 31.7 Å². The summed E-state index contributed by atoms with van der Waals surface area (Å²) < 4.78 is 12.4. The number of nitrogens with one attached hydrogen (secondary N) is 1. The van der Waals surface area contributed by atoms with Crippen LogP contribution in [-0.2, 0) is 0 Å². The van der Waals surface area contributed by atoms with Gasteiger partial charge in [-0.2, -0.15) is 0 Å². The lowest BCUT2D eigenvalue weighted by Crippen LogP contribution is -3.19. The molecule has 4 rings (SSSR count). The van der Waals surface area contributed by atoms with Crippen LogP contribution in [0.2, 0.25) is 0 Å². The number of rotatable bonds is 8. The molecule has 0 spiro atoms. The van der Waals surface area contributed by atoms with Crippen molar-refractivity contribution in [3.05, 3.63) is 90.0 Å². The van der Waals surface area contributed by atoms with Gasteiger partial charge in [0.25, 0.3) is 0 Å². The normalized spacial score (nSPS) is 14.2. The summed E-state index contributed by atoms with van der Waals surface area (Å²) in [6.07, 6.45) is 0. The average molecular weight is 453 g/mol. The zero-order chi connectivity index (χ0) is 21.5. The van der Waals surface area contributed by atoms with Crippen molar-refractivity contribution in [2.45, 2.75) is 19.9 Å². The molecule has 170 valence electrons. The third kappa shape index (κ3) is 6.65. The van der Waals surface area contributed by atoms with E-state index in [1.807, 2.05) is 0 Å². The van der Waals surface area contributed by atoms with Crippen molar-refractivity contribution in [2.75, 3.05) is 44.3 Å². The second kappa shape index (κ2) is 11.8. The fourth-order valence-electron chi connectivity index (χ4n) is 4.05. The van der Waals surface area contributed by atoms with Crippen LogP contribution in [-0.4, -0.2) is 45.4 Å². The van der Waals surface area contributed by atoms with Gasteiger partial charge in [-0.3, -0.25) is 0 Å². The van der Waals surface area contributed by atoms with Gasteiger partial charge in [0.15, 0.2) is 6.04 Å². The molecule has 1 fully saturated rings. The van der Waals surface area contributed by atoms with Crippen LogP contribution in [0.1, 0.15) is 11.1 Å². The van der Waals surface area contributed by atoms with Crippen molar-refractivity contribution in [3.8, 4) is 11.5 Å². The fourth-order valence-corrected chi connectivity index (χ4v) is 4.05. The number of halogens is 1. The van der Waals surface area contributed by atoms with Crippen LogP contribution in [0.5, 0.6) is 11.5 Å². The zero-order valence-electron chi connectivity index (χ0n) is 19.0. The van der Waals surface area contributed by atoms with Crippen molar-refractivity contribution < 1.29 is 26.8 Å². The summed E-state index contributed by atoms with van der Waals surface area (Å²) in [5.41, 5.74) is 3.80. The van der Waals surface area contributed by atoms with E-state index in [4.69, 9.17) is 9.47 Å². The maximum absolute atomic E-state index is 6.18. The monoisotopic (exact) mass is 452 g/mol. The summed E-state index contributed by atoms with van der Waals surface area (Å²) in [7, 11) is 0. The summed E-state index contributed by atoms with van der Waals surface area (Å²) in [6, 6.07) is 27.6. The molecular formula is C27H33ClN2O2. The number of quaternary nitrogens is 1. The summed E-state index contributed by atoms with van der Waals surface area (Å²) in [6.45, 7) is 9.74. The quantitative estimate of drug-likeness (QED) is 0.540. The van der Waals surface area contributed by atoms with Crippen LogP contribution in [0.25, 0.3) is 0 Å². The van der Waals surface area contributed by atoms with Crippen molar-refractivity contribution in [3.63, 3.8) is 0 Å². The Kier molecular flexibility index (Phi) is 8.83. The Hall–Kier alpha value is -2.69. The number of nitrogens with zero attached hydrogens (tertiary/aromatic N) is 1. The minimum Gasteiger partial charge on any atom is -1.00 e. The largest absolute Gasteiger partial charge is 1.00 e. The Balaban J connectivity index is 0.00000289. The van der Waals surface area contributed by atoms with E-state index < -0.39 is 0 Å². The number of anilines is 1. The average Bonchev–Trinajstić information content (AvgIpc) is 2.82. The first-order valence-electron chi connectivity index (χ1n) is 11.2. The SMILES string of the molecule is Cc1ccc(OCC(COc2ccc(C)cc2)[NH+]2CCN(c3ccccc3)CC2)cc1.[Cl-]. The molecule has 0 aliphatic carbocycles. The molecule has 0 unspecified atom stereocenters. The third-order valence-corrected chi connectivity index (χ3v) is 6.05. The first kappa shape index (κ1) is 24.0. The van der Waals surface area contributed by atoms with Gasteiger partial charge in [-0.05, 0) is 50.2 Å². The Labute approximate surface area is 198 Å². The number of para-hydroxylation sites is 1. The molecule has 0 bridgehead atoms. The van der Waals surface area contributed by atoms with E-state index in [0.29, 0.717) is 13.2 Å². The van der Waals surface area contributed by atoms with E-state index in [-0.39, 0.29) is 18.4 Å². The van der Waals surface area contributed by atoms with Crippen LogP contribution >= 0.6 is 0 Å². The summed E-state index contributed by atoms with van der Waals surface area (Å²) in [5.74, 6) is 1.85. The van der Waals surface area contributed by atoms with Gasteiger partial charge in [0, 0.05) is 5.69 Å². The first-order chi connectivity index (χ1) is 15.2. The maximum Gasteiger partial charge on any atom is 0.156 e. The van der Waals surface area contributed by atoms with Crippen molar-refractivity contribution in [1.29, 1.82) is 0 Å². The van der Waals surface area contributed by atoms with Crippen molar-refractivity contribution >= 4 is 5.69 Å². The molecule has 3 aromatic carbocycles. The number of ether oxygens (including phenoxy) is 2. The zero-order valence-corrected chi connectivity index (χ0v) is 19.7. The molecule has 0 aromatic heterocycles. The number of hydrogen-bond donors (Lipinski definition) is 1. The Morgan fingerprint density at radius 3 is 1.66 bits per heavy atom. The smallest absolute Gasteiger partial charge is 0.156 e. The van der Waals surface area contributed by atoms with Gasteiger partial charge in [-0.1, -0.05) is 53.6 Å². The van der Waals surface area contributed by atoms with Crippen LogP contribution in [0.3, 0.4) is 0 Å². The molecule has 3 aromatic rings. The molecule has 4 nitrogen and oxygen atoms in total. The third-order valence-electron chi connectivity index (χ3n) is 6.05. The number of piperazine rings is 1. The second-order valence-corrected chi connectivity index (χ2v) is 8.43. The van der Waals surface area contributed by atoms with Crippen LogP contribution in [0.4, 0.5) is 5.69 Å². The van der Waals surface area contributed by atoms with Crippen LogP contribution in [0.15, 0.2) is 78.9 Å². The predicted molar refractivity (Wildman–Crippen MR) is 126 cm³/mol. The van der Waals surface area contributed by atoms with Gasteiger partial charge in [0.05, 0.1) is 26.2 Å². The van der Waals surface area contributed by atoms with Crippen LogP contribution in [0, 0.1) is 13.8 Å². The number of benzene rings is 3. The molecule has 0 radical (unpaired) electrons. The van der Waals surface area contributed by atoms with Crippen molar-refractivity contribution in [2.24, 2.45) is 0 Å². The minimum absolute atomic E-state index is 0. The molecule has 5 heteroatoms. The summed E-state index contributed by atoms with van der Waals surface area (Å²) in [4.78, 5) is 4.02. The van der Waals surface area contributed by atoms with E-state index in [9.17, 15) is 0 Å². The van der Waals surface area contributed by atoms with Crippen molar-refractivity contribution in [1.82, 2.24) is 0 Å². The fraction of sp³-hybridized carbons (Fsp3) is 0.333. The second-order valence-electron chi connectivity index (χ2n) is 8.43. The lowest BCUT2D eigenvalue weighted by Gasteiger charge is -2.37. The lowest BCUT2D eigenvalue weighted by molar-refractivity contribution is -0.926. The molecule has 1 heterocycles. The summed E-state index contributed by atoms with van der Waals surface area (Å²) in [5, 5.41) is 0. The van der Waals surface area contributed by atoms with E-state index in [1.54, 1.807) is 4.90 Å². The van der Waals surface area contributed by atoms with Gasteiger partial charge >= 0.3 is 0 Å². The lowest BCUT2D eigenvalue weighted by atomic mass is 10.2. The van der Waals surface area contributed by atoms with E-state index >= 15 is 0 Å². The standard InChI is InChI=1S/C27H32N2O2.ClH/c1-22-8-12-26(13-9-22)30-20-25(21-31-27-14-10-23(2)11-15-27)29-18-16-28(17-19-29)24-6-4-3-5-7-24;/h3-15,25H,16-21H2,1-2H3;1H. The molecule has 1 aliphatic heterocycles. The Morgan fingerprint density at radius 2 is 1.19 bits per heavy atom. The molecule has 0 saturated carbocycles. The molecular weight excluding hydrogens is 420 g/mol. The Bertz CT molecular complexity index is 875. The number of hydrogen-bond acceptors (Lipinski definition) is 3. The van der Waals surface area contributed by atoms with Gasteiger partial charge in [-0.25, -0.2) is 0 Å². The molecule has 0 atom stereocenters.